The molecule has 0 aliphatic heterocycles. The Morgan fingerprint density at radius 3 is 2.50 bits per heavy atom. The van der Waals surface area contributed by atoms with Gasteiger partial charge in [0.05, 0.1) is 11.3 Å². The van der Waals surface area contributed by atoms with Crippen LogP contribution in [0.25, 0.3) is 0 Å². The number of benzene rings is 1. The molecule has 1 aromatic rings. The minimum Gasteiger partial charge on any atom is -0.449 e. The van der Waals surface area contributed by atoms with E-state index in [2.05, 4.69) is 0 Å². The van der Waals surface area contributed by atoms with Gasteiger partial charge in [-0.25, -0.2) is 9.18 Å². The number of carbonyl (C=O) groups is 2. The number of ether oxygens (including phenoxy) is 1. The number of nitrogens with zero attached hydrogens (tertiary/aromatic N) is 1. The molecule has 0 radical (unpaired) electrons. The summed E-state index contributed by atoms with van der Waals surface area (Å²) in [6.45, 7) is 1.47. The lowest BCUT2D eigenvalue weighted by atomic mass is 10.2. The van der Waals surface area contributed by atoms with Crippen LogP contribution in [-0.2, 0) is 9.53 Å². The van der Waals surface area contributed by atoms with E-state index in [9.17, 15) is 14.0 Å². The van der Waals surface area contributed by atoms with Gasteiger partial charge in [0.15, 0.2) is 6.10 Å². The fourth-order valence-electron chi connectivity index (χ4n) is 1.31. The van der Waals surface area contributed by atoms with Crippen molar-refractivity contribution in [2.75, 3.05) is 19.8 Å². The maximum absolute atomic E-state index is 12.9. The van der Waals surface area contributed by atoms with Crippen LogP contribution in [0.4, 0.5) is 10.1 Å². The second kappa shape index (κ2) is 5.48. The average Bonchev–Trinajstić information content (AvgIpc) is 2.31. The van der Waals surface area contributed by atoms with Crippen molar-refractivity contribution in [2.24, 2.45) is 0 Å². The first-order valence-corrected chi connectivity index (χ1v) is 5.30. The molecule has 0 saturated heterocycles. The van der Waals surface area contributed by atoms with Gasteiger partial charge >= 0.3 is 5.97 Å². The molecule has 0 spiro atoms. The van der Waals surface area contributed by atoms with Crippen LogP contribution in [-0.4, -0.2) is 37.0 Å². The van der Waals surface area contributed by atoms with E-state index >= 15 is 0 Å². The summed E-state index contributed by atoms with van der Waals surface area (Å²) in [5.41, 5.74) is 5.30. The Hall–Kier alpha value is -2.11. The lowest BCUT2D eigenvalue weighted by Gasteiger charge is -2.17. The summed E-state index contributed by atoms with van der Waals surface area (Å²) in [5, 5.41) is 0. The van der Waals surface area contributed by atoms with Gasteiger partial charge < -0.3 is 15.4 Å². The standard InChI is InChI=1S/C12H15FN2O3/c1-7(11(16)15(2)3)18-12(17)8-4-5-9(13)10(14)6-8/h4-7H,14H2,1-3H3. The van der Waals surface area contributed by atoms with Crippen molar-refractivity contribution >= 4 is 17.6 Å². The highest BCUT2D eigenvalue weighted by atomic mass is 19.1. The minimum absolute atomic E-state index is 0.104. The Balaban J connectivity index is 2.76. The molecule has 0 saturated carbocycles. The number of hydrogen-bond acceptors (Lipinski definition) is 4. The summed E-state index contributed by atoms with van der Waals surface area (Å²) >= 11 is 0. The van der Waals surface area contributed by atoms with Crippen LogP contribution in [0.1, 0.15) is 17.3 Å². The van der Waals surface area contributed by atoms with Crippen molar-refractivity contribution in [1.82, 2.24) is 4.90 Å². The smallest absolute Gasteiger partial charge is 0.338 e. The average molecular weight is 254 g/mol. The van der Waals surface area contributed by atoms with Crippen LogP contribution in [0.5, 0.6) is 0 Å². The zero-order valence-corrected chi connectivity index (χ0v) is 10.4. The molecular weight excluding hydrogens is 239 g/mol. The van der Waals surface area contributed by atoms with Gasteiger partial charge in [-0.1, -0.05) is 0 Å². The molecule has 0 aliphatic rings. The second-order valence-electron chi connectivity index (χ2n) is 4.02. The maximum atomic E-state index is 12.9. The van der Waals surface area contributed by atoms with Crippen molar-refractivity contribution < 1.29 is 18.7 Å². The van der Waals surface area contributed by atoms with E-state index in [4.69, 9.17) is 10.5 Å². The van der Waals surface area contributed by atoms with E-state index in [1.165, 1.54) is 24.0 Å². The number of amides is 1. The van der Waals surface area contributed by atoms with Gasteiger partial charge in [0, 0.05) is 14.1 Å². The third kappa shape index (κ3) is 3.19. The lowest BCUT2D eigenvalue weighted by Crippen LogP contribution is -2.34. The van der Waals surface area contributed by atoms with Crippen LogP contribution in [0, 0.1) is 5.82 Å². The highest BCUT2D eigenvalue weighted by Crippen LogP contribution is 2.14. The molecule has 2 N–H and O–H groups in total. The summed E-state index contributed by atoms with van der Waals surface area (Å²) < 4.78 is 17.9. The molecule has 0 bridgehead atoms. The molecule has 6 heteroatoms. The van der Waals surface area contributed by atoms with Gasteiger partial charge in [0.1, 0.15) is 5.82 Å². The number of likely N-dealkylation sites (N-methyl/N-ethyl adjacent to an activating group) is 1. The molecule has 1 rings (SSSR count). The first kappa shape index (κ1) is 14.0. The normalized spacial score (nSPS) is 11.8. The molecule has 5 nitrogen and oxygen atoms in total. The molecule has 0 fully saturated rings. The molecule has 1 aromatic carbocycles. The van der Waals surface area contributed by atoms with Crippen LogP contribution >= 0.6 is 0 Å². The molecule has 0 aromatic heterocycles. The Morgan fingerprint density at radius 2 is 2.00 bits per heavy atom. The topological polar surface area (TPSA) is 72.6 Å². The molecular formula is C12H15FN2O3. The van der Waals surface area contributed by atoms with Crippen molar-refractivity contribution in [3.8, 4) is 0 Å². The predicted molar refractivity (Wildman–Crippen MR) is 64.4 cm³/mol. The SMILES string of the molecule is CC(OC(=O)c1ccc(F)c(N)c1)C(=O)N(C)C. The van der Waals surface area contributed by atoms with Crippen LogP contribution in [0.2, 0.25) is 0 Å². The fraction of sp³-hybridized carbons (Fsp3) is 0.333. The van der Waals surface area contributed by atoms with Gasteiger partial charge in [-0.2, -0.15) is 0 Å². The zero-order valence-electron chi connectivity index (χ0n) is 10.4. The Labute approximate surface area is 104 Å². The van der Waals surface area contributed by atoms with Crippen LogP contribution in [0.3, 0.4) is 0 Å². The van der Waals surface area contributed by atoms with E-state index < -0.39 is 17.9 Å². The first-order valence-electron chi connectivity index (χ1n) is 5.30. The van der Waals surface area contributed by atoms with Crippen molar-refractivity contribution in [2.45, 2.75) is 13.0 Å². The largest absolute Gasteiger partial charge is 0.449 e. The maximum Gasteiger partial charge on any atom is 0.338 e. The van der Waals surface area contributed by atoms with E-state index in [1.807, 2.05) is 0 Å². The van der Waals surface area contributed by atoms with Crippen molar-refractivity contribution in [3.05, 3.63) is 29.6 Å². The Bertz CT molecular complexity index is 474. The predicted octanol–water partition coefficient (Wildman–Crippen LogP) is 1.04. The summed E-state index contributed by atoms with van der Waals surface area (Å²) in [6.07, 6.45) is -0.904. The molecule has 0 aliphatic carbocycles. The number of nitrogen functional groups attached to an aromatic ring is 1. The number of nitrogens with two attached hydrogens (primary N) is 1. The number of carbonyl (C=O) groups excluding carboxylic acids is 2. The highest BCUT2D eigenvalue weighted by molar-refractivity contribution is 5.92. The summed E-state index contributed by atoms with van der Waals surface area (Å²) in [4.78, 5) is 24.5. The van der Waals surface area contributed by atoms with E-state index in [-0.39, 0.29) is 17.2 Å². The Kier molecular flexibility index (Phi) is 4.25. The number of rotatable bonds is 3. The van der Waals surface area contributed by atoms with Gasteiger partial charge in [-0.3, -0.25) is 4.79 Å². The number of esters is 1. The second-order valence-corrected chi connectivity index (χ2v) is 4.02. The monoisotopic (exact) mass is 254 g/mol. The Morgan fingerprint density at radius 1 is 1.39 bits per heavy atom. The van der Waals surface area contributed by atoms with Crippen molar-refractivity contribution in [3.63, 3.8) is 0 Å². The lowest BCUT2D eigenvalue weighted by molar-refractivity contribution is -0.137. The molecule has 98 valence electrons. The first-order chi connectivity index (χ1) is 8.32. The summed E-state index contributed by atoms with van der Waals surface area (Å²) in [5.74, 6) is -1.66. The summed E-state index contributed by atoms with van der Waals surface area (Å²) in [7, 11) is 3.12. The van der Waals surface area contributed by atoms with Crippen LogP contribution in [0.15, 0.2) is 18.2 Å². The molecule has 1 atom stereocenters. The van der Waals surface area contributed by atoms with Crippen molar-refractivity contribution in [1.29, 1.82) is 0 Å². The van der Waals surface area contributed by atoms with Gasteiger partial charge in [-0.05, 0) is 25.1 Å². The van der Waals surface area contributed by atoms with E-state index in [0.717, 1.165) is 6.07 Å². The minimum atomic E-state index is -0.904. The fourth-order valence-corrected chi connectivity index (χ4v) is 1.31. The number of anilines is 1. The number of hydrogen-bond donors (Lipinski definition) is 1. The molecule has 0 heterocycles. The number of halogens is 1. The quantitative estimate of drug-likeness (QED) is 0.646. The molecule has 1 amide bonds. The van der Waals surface area contributed by atoms with Gasteiger partial charge in [-0.15, -0.1) is 0 Å². The molecule has 1 unspecified atom stereocenters. The highest BCUT2D eigenvalue weighted by Gasteiger charge is 2.20. The van der Waals surface area contributed by atoms with E-state index in [1.54, 1.807) is 14.1 Å². The summed E-state index contributed by atoms with van der Waals surface area (Å²) in [6, 6.07) is 3.50. The van der Waals surface area contributed by atoms with E-state index in [0.29, 0.717) is 0 Å². The van der Waals surface area contributed by atoms with Crippen LogP contribution < -0.4 is 5.73 Å². The third-order valence-electron chi connectivity index (χ3n) is 2.30. The third-order valence-corrected chi connectivity index (χ3v) is 2.30. The molecule has 18 heavy (non-hydrogen) atoms. The van der Waals surface area contributed by atoms with Gasteiger partial charge in [0.25, 0.3) is 5.91 Å². The zero-order chi connectivity index (χ0) is 13.9. The van der Waals surface area contributed by atoms with Gasteiger partial charge in [0.2, 0.25) is 0 Å².